The van der Waals surface area contributed by atoms with Crippen LogP contribution in [-0.2, 0) is 27.0 Å². The lowest BCUT2D eigenvalue weighted by molar-refractivity contribution is -0.140. The lowest BCUT2D eigenvalue weighted by atomic mass is 9.82. The van der Waals surface area contributed by atoms with E-state index in [1.54, 1.807) is 6.92 Å². The highest BCUT2D eigenvalue weighted by Crippen LogP contribution is 2.41. The van der Waals surface area contributed by atoms with Gasteiger partial charge in [-0.05, 0) is 77.3 Å². The van der Waals surface area contributed by atoms with Crippen LogP contribution >= 0.6 is 0 Å². The number of halogens is 3. The Kier molecular flexibility index (Phi) is 8.12. The molecule has 6 atom stereocenters. The van der Waals surface area contributed by atoms with Crippen LogP contribution in [0.15, 0.2) is 12.1 Å². The van der Waals surface area contributed by atoms with Gasteiger partial charge in [0, 0.05) is 31.1 Å². The number of hydrogen-bond acceptors (Lipinski definition) is 3. The summed E-state index contributed by atoms with van der Waals surface area (Å²) in [6, 6.07) is 0.228. The zero-order valence-electron chi connectivity index (χ0n) is 20.3. The van der Waals surface area contributed by atoms with Crippen LogP contribution in [0.25, 0.3) is 0 Å². The molecule has 6 nitrogen and oxygen atoms in total. The maximum absolute atomic E-state index is 14.5. The van der Waals surface area contributed by atoms with Crippen molar-refractivity contribution in [3.63, 3.8) is 0 Å². The Labute approximate surface area is 201 Å². The molecule has 0 saturated carbocycles. The number of benzene rings is 1. The minimum atomic E-state index is -1.46. The zero-order chi connectivity index (χ0) is 25.4. The van der Waals surface area contributed by atoms with Gasteiger partial charge in [0.2, 0.25) is 11.8 Å². The zero-order valence-corrected chi connectivity index (χ0v) is 21.1. The molecule has 2 amide bonds. The molecular weight excluding hydrogens is 467 g/mol. The Balaban J connectivity index is 1.82. The fourth-order valence-corrected chi connectivity index (χ4v) is 5.98. The fourth-order valence-electron chi connectivity index (χ4n) is 5.07. The van der Waals surface area contributed by atoms with Crippen molar-refractivity contribution < 1.29 is 27.0 Å². The number of carbonyl (C=O) groups excluding carboxylic acids is 2. The molecule has 0 aliphatic carbocycles. The van der Waals surface area contributed by atoms with Gasteiger partial charge in [0.1, 0.15) is 11.9 Å². The van der Waals surface area contributed by atoms with Crippen LogP contribution in [0.2, 0.25) is 0 Å². The first-order valence-corrected chi connectivity index (χ1v) is 12.8. The molecule has 10 heteroatoms. The Bertz CT molecular complexity index is 955. The van der Waals surface area contributed by atoms with E-state index in [0.717, 1.165) is 18.9 Å². The Morgan fingerprint density at radius 3 is 2.18 bits per heavy atom. The first-order valence-electron chi connectivity index (χ1n) is 11.7. The summed E-state index contributed by atoms with van der Waals surface area (Å²) < 4.78 is 57.2. The van der Waals surface area contributed by atoms with Gasteiger partial charge in [-0.2, -0.15) is 0 Å². The predicted octanol–water partition coefficient (Wildman–Crippen LogP) is 3.36. The number of hydrogen-bond donors (Lipinski definition) is 2. The van der Waals surface area contributed by atoms with E-state index in [2.05, 4.69) is 10.0 Å². The molecule has 2 saturated heterocycles. The van der Waals surface area contributed by atoms with E-state index < -0.39 is 45.3 Å². The van der Waals surface area contributed by atoms with Crippen LogP contribution in [0, 0.1) is 23.4 Å². The van der Waals surface area contributed by atoms with Gasteiger partial charge in [-0.3, -0.25) is 9.59 Å². The number of fused-ring (bicyclic) bond motifs is 2. The molecular formula is C24H34F3N3O3S. The van der Waals surface area contributed by atoms with E-state index >= 15 is 0 Å². The number of carbonyl (C=O) groups is 2. The predicted molar refractivity (Wildman–Crippen MR) is 124 cm³/mol. The van der Waals surface area contributed by atoms with E-state index in [1.807, 2.05) is 25.7 Å². The fraction of sp³-hybridized carbons (Fsp3) is 0.667. The molecule has 190 valence electrons. The van der Waals surface area contributed by atoms with Crippen LogP contribution in [-0.4, -0.2) is 49.8 Å². The van der Waals surface area contributed by atoms with E-state index in [1.165, 1.54) is 6.92 Å². The van der Waals surface area contributed by atoms with Gasteiger partial charge < -0.3 is 10.2 Å². The van der Waals surface area contributed by atoms with Crippen molar-refractivity contribution in [3.05, 3.63) is 35.1 Å². The molecule has 1 aromatic carbocycles. The largest absolute Gasteiger partial charge is 0.345 e. The molecule has 2 bridgehead atoms. The molecule has 0 spiro atoms. The van der Waals surface area contributed by atoms with Gasteiger partial charge in [-0.1, -0.05) is 0 Å². The van der Waals surface area contributed by atoms with E-state index in [9.17, 15) is 27.0 Å². The highest BCUT2D eigenvalue weighted by Gasteiger charge is 2.46. The SMILES string of the molecule is CC(=O)N[C@@H](C)C(=O)N1[C@@H]2CC[C@H]1CC([C@@H](Cc1cc(F)c(F)cc1F)NS(=O)C(C)(C)C)C2. The summed E-state index contributed by atoms with van der Waals surface area (Å²) in [5, 5.41) is 2.64. The number of amides is 2. The van der Waals surface area contributed by atoms with E-state index in [4.69, 9.17) is 0 Å². The summed E-state index contributed by atoms with van der Waals surface area (Å²) in [5.41, 5.74) is 0.0208. The summed E-state index contributed by atoms with van der Waals surface area (Å²) in [6.07, 6.45) is 2.90. The van der Waals surface area contributed by atoms with Gasteiger partial charge in [-0.15, -0.1) is 0 Å². The third-order valence-corrected chi connectivity index (χ3v) is 8.36. The van der Waals surface area contributed by atoms with Crippen LogP contribution in [0.1, 0.15) is 65.9 Å². The Hall–Kier alpha value is -1.94. The highest BCUT2D eigenvalue weighted by molar-refractivity contribution is 7.84. The van der Waals surface area contributed by atoms with Gasteiger partial charge in [-0.25, -0.2) is 22.1 Å². The summed E-state index contributed by atoms with van der Waals surface area (Å²) in [5.74, 6) is -3.66. The molecule has 2 aliphatic rings. The van der Waals surface area contributed by atoms with Crippen molar-refractivity contribution in [2.45, 2.75) is 95.6 Å². The number of rotatable bonds is 7. The second-order valence-corrected chi connectivity index (χ2v) is 12.4. The maximum Gasteiger partial charge on any atom is 0.245 e. The first-order chi connectivity index (χ1) is 15.8. The average molecular weight is 502 g/mol. The molecule has 2 N–H and O–H groups in total. The minimum Gasteiger partial charge on any atom is -0.345 e. The molecule has 1 aromatic rings. The first kappa shape index (κ1) is 26.7. The second kappa shape index (κ2) is 10.4. The summed E-state index contributed by atoms with van der Waals surface area (Å²) >= 11 is 0. The van der Waals surface area contributed by atoms with Crippen LogP contribution in [0.3, 0.4) is 0 Å². The number of nitrogens with one attached hydrogen (secondary N) is 2. The molecule has 0 radical (unpaired) electrons. The number of nitrogens with zero attached hydrogens (tertiary/aromatic N) is 1. The standard InChI is InChI=1S/C24H34F3N3O3S/c1-13(28-14(2)31)23(32)30-17-6-7-18(30)9-16(8-17)22(29-34(33)24(3,4)5)11-15-10-20(26)21(27)12-19(15)25/h10,12-13,16-18,22,29H,6-9,11H2,1-5H3,(H,28,31)/t13-,16?,17-,18+,22+,34?/m0/s1. The molecule has 2 unspecified atom stereocenters. The smallest absolute Gasteiger partial charge is 0.245 e. The number of piperidine rings is 1. The third kappa shape index (κ3) is 6.00. The van der Waals surface area contributed by atoms with Crippen LogP contribution in [0.4, 0.5) is 13.2 Å². The third-order valence-electron chi connectivity index (χ3n) is 6.73. The van der Waals surface area contributed by atoms with Gasteiger partial charge >= 0.3 is 0 Å². The molecule has 3 rings (SSSR count). The molecule has 2 heterocycles. The summed E-state index contributed by atoms with van der Waals surface area (Å²) in [6.45, 7) is 8.49. The van der Waals surface area contributed by atoms with Crippen molar-refractivity contribution in [2.75, 3.05) is 0 Å². The van der Waals surface area contributed by atoms with E-state index in [0.29, 0.717) is 18.9 Å². The summed E-state index contributed by atoms with van der Waals surface area (Å²) in [4.78, 5) is 26.3. The van der Waals surface area contributed by atoms with Crippen molar-refractivity contribution in [1.82, 2.24) is 14.9 Å². The van der Waals surface area contributed by atoms with Crippen molar-refractivity contribution >= 4 is 22.8 Å². The van der Waals surface area contributed by atoms with Gasteiger partial charge in [0.25, 0.3) is 0 Å². The average Bonchev–Trinajstić information content (AvgIpc) is 2.98. The normalized spacial score (nSPS) is 25.1. The van der Waals surface area contributed by atoms with Crippen LogP contribution < -0.4 is 10.0 Å². The second-order valence-electron chi connectivity index (χ2n) is 10.5. The molecule has 2 fully saturated rings. The van der Waals surface area contributed by atoms with E-state index in [-0.39, 0.29) is 41.8 Å². The molecule has 34 heavy (non-hydrogen) atoms. The minimum absolute atomic E-state index is 0.0208. The Morgan fingerprint density at radius 2 is 1.65 bits per heavy atom. The topological polar surface area (TPSA) is 78.5 Å². The van der Waals surface area contributed by atoms with Crippen molar-refractivity contribution in [3.8, 4) is 0 Å². The lowest BCUT2D eigenvalue weighted by Gasteiger charge is -2.43. The van der Waals surface area contributed by atoms with Crippen molar-refractivity contribution in [1.29, 1.82) is 0 Å². The summed E-state index contributed by atoms with van der Waals surface area (Å²) in [7, 11) is -1.46. The van der Waals surface area contributed by atoms with Gasteiger partial charge in [0.15, 0.2) is 11.6 Å². The quantitative estimate of drug-likeness (QED) is 0.563. The lowest BCUT2D eigenvalue weighted by Crippen LogP contribution is -2.56. The monoisotopic (exact) mass is 501 g/mol. The maximum atomic E-state index is 14.5. The molecule has 2 aliphatic heterocycles. The Morgan fingerprint density at radius 1 is 1.09 bits per heavy atom. The van der Waals surface area contributed by atoms with Crippen LogP contribution in [0.5, 0.6) is 0 Å². The van der Waals surface area contributed by atoms with Gasteiger partial charge in [0.05, 0.1) is 15.7 Å². The molecule has 0 aromatic heterocycles. The van der Waals surface area contributed by atoms with Crippen molar-refractivity contribution in [2.24, 2.45) is 5.92 Å². The highest BCUT2D eigenvalue weighted by atomic mass is 32.2.